The summed E-state index contributed by atoms with van der Waals surface area (Å²) in [5.41, 5.74) is 0.640. The number of hydrogen-bond acceptors (Lipinski definition) is 4. The molecule has 1 atom stereocenters. The van der Waals surface area contributed by atoms with Crippen molar-refractivity contribution < 1.29 is 18.3 Å². The molecule has 0 radical (unpaired) electrons. The van der Waals surface area contributed by atoms with Crippen LogP contribution in [0.2, 0.25) is 0 Å². The minimum Gasteiger partial charge on any atom is -0.476 e. The number of aromatic carboxylic acids is 1. The van der Waals surface area contributed by atoms with E-state index in [1.54, 1.807) is 6.92 Å². The third-order valence-corrected chi connectivity index (χ3v) is 4.45. The zero-order chi connectivity index (χ0) is 11.9. The highest BCUT2D eigenvalue weighted by Gasteiger charge is 2.31. The normalized spacial score (nSPS) is 23.4. The zero-order valence-corrected chi connectivity index (χ0v) is 9.57. The summed E-state index contributed by atoms with van der Waals surface area (Å²) in [4.78, 5) is 10.7. The second-order valence-corrected chi connectivity index (χ2v) is 6.21. The first-order valence-corrected chi connectivity index (χ1v) is 6.71. The lowest BCUT2D eigenvalue weighted by molar-refractivity contribution is 0.0689. The molecule has 88 valence electrons. The molecule has 1 aromatic rings. The van der Waals surface area contributed by atoms with E-state index in [1.165, 1.54) is 10.7 Å². The number of rotatable bonds is 2. The molecule has 0 spiro atoms. The van der Waals surface area contributed by atoms with E-state index < -0.39 is 15.8 Å². The van der Waals surface area contributed by atoms with Crippen LogP contribution in [-0.4, -0.2) is 40.8 Å². The first-order chi connectivity index (χ1) is 7.39. The molecule has 0 aromatic carbocycles. The number of hydrogen-bond donors (Lipinski definition) is 1. The summed E-state index contributed by atoms with van der Waals surface area (Å²) in [5, 5.41) is 12.7. The van der Waals surface area contributed by atoms with Crippen LogP contribution in [0.4, 0.5) is 0 Å². The van der Waals surface area contributed by atoms with Gasteiger partial charge in [0.15, 0.2) is 15.5 Å². The van der Waals surface area contributed by atoms with E-state index in [-0.39, 0.29) is 23.2 Å². The van der Waals surface area contributed by atoms with Gasteiger partial charge >= 0.3 is 5.97 Å². The average Bonchev–Trinajstić information content (AvgIpc) is 2.69. The molecule has 2 rings (SSSR count). The van der Waals surface area contributed by atoms with Crippen molar-refractivity contribution in [1.29, 1.82) is 0 Å². The summed E-state index contributed by atoms with van der Waals surface area (Å²) < 4.78 is 24.1. The van der Waals surface area contributed by atoms with Gasteiger partial charge in [-0.2, -0.15) is 5.10 Å². The average molecular weight is 244 g/mol. The maximum Gasteiger partial charge on any atom is 0.356 e. The summed E-state index contributed by atoms with van der Waals surface area (Å²) in [6.07, 6.45) is 0.504. The molecule has 1 N–H and O–H groups in total. The quantitative estimate of drug-likeness (QED) is 0.805. The van der Waals surface area contributed by atoms with Crippen LogP contribution < -0.4 is 0 Å². The fourth-order valence-corrected chi connectivity index (χ4v) is 3.62. The molecule has 0 amide bonds. The second-order valence-electron chi connectivity index (χ2n) is 3.98. The van der Waals surface area contributed by atoms with Gasteiger partial charge in [0, 0.05) is 5.69 Å². The minimum absolute atomic E-state index is 0.0400. The number of carboxylic acid groups (broad SMARTS) is 1. The number of carboxylic acids is 1. The molecule has 6 nitrogen and oxygen atoms in total. The minimum atomic E-state index is -2.98. The molecular formula is C9H12N2O4S. The lowest BCUT2D eigenvalue weighted by atomic mass is 10.2. The molecule has 16 heavy (non-hydrogen) atoms. The predicted molar refractivity (Wildman–Crippen MR) is 56.2 cm³/mol. The summed E-state index contributed by atoms with van der Waals surface area (Å²) in [6, 6.07) is 1.23. The number of aryl methyl sites for hydroxylation is 1. The highest BCUT2D eigenvalue weighted by molar-refractivity contribution is 7.91. The number of nitrogens with zero attached hydrogens (tertiary/aromatic N) is 2. The standard InChI is InChI=1S/C9H12N2O4S/c1-6-4-8(9(12)13)10-11(6)7-2-3-16(14,15)5-7/h4,7H,2-3,5H2,1H3,(H,12,13)/t7-/m1/s1. The second kappa shape index (κ2) is 3.58. The van der Waals surface area contributed by atoms with E-state index in [2.05, 4.69) is 5.10 Å². The Morgan fingerprint density at radius 3 is 2.75 bits per heavy atom. The molecule has 1 aromatic heterocycles. The monoisotopic (exact) mass is 244 g/mol. The Balaban J connectivity index is 2.32. The van der Waals surface area contributed by atoms with Crippen molar-refractivity contribution in [2.24, 2.45) is 0 Å². The fraction of sp³-hybridized carbons (Fsp3) is 0.556. The van der Waals surface area contributed by atoms with Gasteiger partial charge in [0.1, 0.15) is 0 Å². The molecule has 0 aliphatic carbocycles. The van der Waals surface area contributed by atoms with Crippen LogP contribution >= 0.6 is 0 Å². The van der Waals surface area contributed by atoms with Crippen molar-refractivity contribution in [3.05, 3.63) is 17.5 Å². The van der Waals surface area contributed by atoms with Crippen molar-refractivity contribution in [3.63, 3.8) is 0 Å². The summed E-state index contributed by atoms with van der Waals surface area (Å²) in [6.45, 7) is 1.73. The molecule has 2 heterocycles. The van der Waals surface area contributed by atoms with Crippen LogP contribution in [-0.2, 0) is 9.84 Å². The Kier molecular flexibility index (Phi) is 2.49. The third kappa shape index (κ3) is 1.95. The summed E-state index contributed by atoms with van der Waals surface area (Å²) in [7, 11) is -2.98. The number of sulfone groups is 1. The molecule has 1 saturated heterocycles. The Morgan fingerprint density at radius 1 is 1.62 bits per heavy atom. The van der Waals surface area contributed by atoms with Crippen molar-refractivity contribution in [3.8, 4) is 0 Å². The van der Waals surface area contributed by atoms with E-state index in [9.17, 15) is 13.2 Å². The van der Waals surface area contributed by atoms with Crippen LogP contribution in [0.3, 0.4) is 0 Å². The first kappa shape index (κ1) is 11.1. The molecule has 0 bridgehead atoms. The van der Waals surface area contributed by atoms with E-state index in [0.717, 1.165) is 0 Å². The molecule has 1 aliphatic rings. The Labute approximate surface area is 92.8 Å². The van der Waals surface area contributed by atoms with Crippen molar-refractivity contribution in [1.82, 2.24) is 9.78 Å². The van der Waals surface area contributed by atoms with E-state index in [0.29, 0.717) is 12.1 Å². The van der Waals surface area contributed by atoms with Gasteiger partial charge in [0.2, 0.25) is 0 Å². The lowest BCUT2D eigenvalue weighted by Gasteiger charge is -2.10. The van der Waals surface area contributed by atoms with Gasteiger partial charge in [-0.25, -0.2) is 13.2 Å². The lowest BCUT2D eigenvalue weighted by Crippen LogP contribution is -2.14. The van der Waals surface area contributed by atoms with Crippen LogP contribution in [0.5, 0.6) is 0 Å². The SMILES string of the molecule is Cc1cc(C(=O)O)nn1[C@@H]1CCS(=O)(=O)C1. The van der Waals surface area contributed by atoms with Crippen LogP contribution in [0.1, 0.15) is 28.6 Å². The van der Waals surface area contributed by atoms with Crippen molar-refractivity contribution in [2.75, 3.05) is 11.5 Å². The van der Waals surface area contributed by atoms with Gasteiger partial charge in [0.25, 0.3) is 0 Å². The molecule has 0 unspecified atom stereocenters. The first-order valence-electron chi connectivity index (χ1n) is 4.89. The highest BCUT2D eigenvalue weighted by Crippen LogP contribution is 2.24. The van der Waals surface area contributed by atoms with Crippen molar-refractivity contribution >= 4 is 15.8 Å². The van der Waals surface area contributed by atoms with Gasteiger partial charge in [-0.15, -0.1) is 0 Å². The van der Waals surface area contributed by atoms with E-state index >= 15 is 0 Å². The summed E-state index contributed by atoms with van der Waals surface area (Å²) in [5.74, 6) is -0.892. The van der Waals surface area contributed by atoms with E-state index in [1.807, 2.05) is 0 Å². The Bertz CT molecular complexity index is 532. The number of aromatic nitrogens is 2. The maximum atomic E-state index is 11.3. The Hall–Kier alpha value is -1.37. The largest absolute Gasteiger partial charge is 0.476 e. The van der Waals surface area contributed by atoms with Gasteiger partial charge in [0.05, 0.1) is 17.5 Å². The molecule has 1 fully saturated rings. The van der Waals surface area contributed by atoms with Crippen molar-refractivity contribution in [2.45, 2.75) is 19.4 Å². The maximum absolute atomic E-state index is 11.3. The topological polar surface area (TPSA) is 89.3 Å². The van der Waals surface area contributed by atoms with E-state index in [4.69, 9.17) is 5.11 Å². The van der Waals surface area contributed by atoms with Crippen LogP contribution in [0.15, 0.2) is 6.07 Å². The third-order valence-electron chi connectivity index (χ3n) is 2.70. The molecular weight excluding hydrogens is 232 g/mol. The van der Waals surface area contributed by atoms with Crippen LogP contribution in [0.25, 0.3) is 0 Å². The molecule has 0 saturated carbocycles. The fourth-order valence-electron chi connectivity index (χ4n) is 1.93. The van der Waals surface area contributed by atoms with Crippen LogP contribution in [0, 0.1) is 6.92 Å². The van der Waals surface area contributed by atoms with Gasteiger partial charge in [-0.3, -0.25) is 4.68 Å². The van der Waals surface area contributed by atoms with Gasteiger partial charge in [-0.1, -0.05) is 0 Å². The number of carbonyl (C=O) groups is 1. The highest BCUT2D eigenvalue weighted by atomic mass is 32.2. The molecule has 7 heteroatoms. The smallest absolute Gasteiger partial charge is 0.356 e. The molecule has 1 aliphatic heterocycles. The summed E-state index contributed by atoms with van der Waals surface area (Å²) >= 11 is 0. The van der Waals surface area contributed by atoms with Gasteiger partial charge in [-0.05, 0) is 19.4 Å². The zero-order valence-electron chi connectivity index (χ0n) is 8.75. The Morgan fingerprint density at radius 2 is 2.31 bits per heavy atom. The predicted octanol–water partition coefficient (Wildman–Crippen LogP) is 0.249. The van der Waals surface area contributed by atoms with Gasteiger partial charge < -0.3 is 5.11 Å².